The molecule has 126 valence electrons. The standard InChI is InChI=1S/C17H15BrN6O/c1-11(25)20-14-6-3-7-15(9-14)21-16-10-19-24-17(23-16)22-13-5-2-4-12(18)8-13/h2-10H,1H3,(H,20,25)(H2,21,22,23,24). The summed E-state index contributed by atoms with van der Waals surface area (Å²) in [5.74, 6) is 0.787. The smallest absolute Gasteiger partial charge is 0.249 e. The topological polar surface area (TPSA) is 91.8 Å². The van der Waals surface area contributed by atoms with E-state index in [0.717, 1.165) is 15.8 Å². The van der Waals surface area contributed by atoms with Gasteiger partial charge in [-0.1, -0.05) is 28.1 Å². The number of hydrogen-bond donors (Lipinski definition) is 3. The molecule has 7 nitrogen and oxygen atoms in total. The summed E-state index contributed by atoms with van der Waals surface area (Å²) >= 11 is 3.42. The van der Waals surface area contributed by atoms with Gasteiger partial charge in [0.25, 0.3) is 0 Å². The van der Waals surface area contributed by atoms with Crippen LogP contribution in [0.1, 0.15) is 6.92 Å². The number of nitrogens with zero attached hydrogens (tertiary/aromatic N) is 3. The molecule has 3 rings (SSSR count). The summed E-state index contributed by atoms with van der Waals surface area (Å²) in [6, 6.07) is 15.0. The fourth-order valence-electron chi connectivity index (χ4n) is 2.14. The predicted octanol–water partition coefficient (Wildman–Crippen LogP) is 4.08. The van der Waals surface area contributed by atoms with Crippen molar-refractivity contribution in [2.24, 2.45) is 0 Å². The molecule has 25 heavy (non-hydrogen) atoms. The van der Waals surface area contributed by atoms with Crippen LogP contribution in [0.5, 0.6) is 0 Å². The third-order valence-electron chi connectivity index (χ3n) is 3.09. The van der Waals surface area contributed by atoms with Crippen LogP contribution >= 0.6 is 15.9 Å². The first-order valence-electron chi connectivity index (χ1n) is 7.45. The average Bonchev–Trinajstić information content (AvgIpc) is 2.55. The molecule has 0 spiro atoms. The number of nitrogens with one attached hydrogen (secondary N) is 3. The van der Waals surface area contributed by atoms with E-state index in [1.54, 1.807) is 0 Å². The second-order valence-electron chi connectivity index (χ2n) is 5.19. The van der Waals surface area contributed by atoms with Crippen LogP contribution < -0.4 is 16.0 Å². The molecule has 1 aromatic heterocycles. The number of carbonyl (C=O) groups excluding carboxylic acids is 1. The van der Waals surface area contributed by atoms with Crippen molar-refractivity contribution in [3.63, 3.8) is 0 Å². The van der Waals surface area contributed by atoms with Crippen LogP contribution in [0, 0.1) is 0 Å². The minimum Gasteiger partial charge on any atom is -0.339 e. The van der Waals surface area contributed by atoms with Gasteiger partial charge in [-0.05, 0) is 36.4 Å². The Morgan fingerprint density at radius 3 is 2.48 bits per heavy atom. The van der Waals surface area contributed by atoms with Crippen molar-refractivity contribution in [2.75, 3.05) is 16.0 Å². The first-order chi connectivity index (χ1) is 12.1. The Kier molecular flexibility index (Phi) is 5.20. The van der Waals surface area contributed by atoms with Crippen LogP contribution in [-0.4, -0.2) is 21.1 Å². The second-order valence-corrected chi connectivity index (χ2v) is 6.10. The number of halogens is 1. The quantitative estimate of drug-likeness (QED) is 0.599. The summed E-state index contributed by atoms with van der Waals surface area (Å²) in [5.41, 5.74) is 2.33. The van der Waals surface area contributed by atoms with Crippen molar-refractivity contribution in [1.29, 1.82) is 0 Å². The van der Waals surface area contributed by atoms with Gasteiger partial charge in [0.05, 0.1) is 6.20 Å². The van der Waals surface area contributed by atoms with Gasteiger partial charge in [-0.15, -0.1) is 5.10 Å². The Morgan fingerprint density at radius 2 is 1.72 bits per heavy atom. The van der Waals surface area contributed by atoms with Gasteiger partial charge in [0.15, 0.2) is 5.82 Å². The summed E-state index contributed by atoms with van der Waals surface area (Å²) < 4.78 is 0.953. The first kappa shape index (κ1) is 16.8. The number of aromatic nitrogens is 3. The fourth-order valence-corrected chi connectivity index (χ4v) is 2.54. The van der Waals surface area contributed by atoms with Gasteiger partial charge in [0.2, 0.25) is 11.9 Å². The Morgan fingerprint density at radius 1 is 1.00 bits per heavy atom. The van der Waals surface area contributed by atoms with Crippen molar-refractivity contribution >= 4 is 50.7 Å². The van der Waals surface area contributed by atoms with E-state index in [2.05, 4.69) is 47.1 Å². The van der Waals surface area contributed by atoms with Crippen LogP contribution in [0.4, 0.5) is 28.8 Å². The Hall–Kier alpha value is -3.00. The van der Waals surface area contributed by atoms with Crippen molar-refractivity contribution in [3.8, 4) is 0 Å². The average molecular weight is 399 g/mol. The molecule has 0 aliphatic heterocycles. The van der Waals surface area contributed by atoms with E-state index in [-0.39, 0.29) is 5.91 Å². The normalized spacial score (nSPS) is 10.2. The van der Waals surface area contributed by atoms with Gasteiger partial charge in [-0.2, -0.15) is 10.1 Å². The zero-order valence-corrected chi connectivity index (χ0v) is 14.9. The number of rotatable bonds is 5. The summed E-state index contributed by atoms with van der Waals surface area (Å²) in [7, 11) is 0. The molecule has 3 aromatic rings. The highest BCUT2D eigenvalue weighted by Crippen LogP contribution is 2.21. The van der Waals surface area contributed by atoms with E-state index >= 15 is 0 Å². The number of carbonyl (C=O) groups is 1. The molecular formula is C17H15BrN6O. The number of hydrogen-bond acceptors (Lipinski definition) is 6. The maximum absolute atomic E-state index is 11.2. The Labute approximate surface area is 153 Å². The summed E-state index contributed by atoms with van der Waals surface area (Å²) in [6.45, 7) is 1.47. The molecule has 0 saturated carbocycles. The number of benzene rings is 2. The van der Waals surface area contributed by atoms with Crippen LogP contribution in [0.25, 0.3) is 0 Å². The number of anilines is 5. The Balaban J connectivity index is 1.74. The van der Waals surface area contributed by atoms with Gasteiger partial charge in [-0.25, -0.2) is 0 Å². The van der Waals surface area contributed by atoms with E-state index in [4.69, 9.17) is 0 Å². The second kappa shape index (κ2) is 7.71. The highest BCUT2D eigenvalue weighted by molar-refractivity contribution is 9.10. The molecule has 0 saturated heterocycles. The lowest BCUT2D eigenvalue weighted by Gasteiger charge is -2.09. The van der Waals surface area contributed by atoms with Crippen molar-refractivity contribution < 1.29 is 4.79 Å². The van der Waals surface area contributed by atoms with E-state index in [1.165, 1.54) is 13.1 Å². The van der Waals surface area contributed by atoms with Gasteiger partial charge < -0.3 is 16.0 Å². The minimum absolute atomic E-state index is 0.124. The van der Waals surface area contributed by atoms with E-state index in [1.807, 2.05) is 48.5 Å². The predicted molar refractivity (Wildman–Crippen MR) is 101 cm³/mol. The maximum atomic E-state index is 11.2. The lowest BCUT2D eigenvalue weighted by molar-refractivity contribution is -0.114. The molecule has 0 radical (unpaired) electrons. The number of amides is 1. The lowest BCUT2D eigenvalue weighted by atomic mass is 10.2. The lowest BCUT2D eigenvalue weighted by Crippen LogP contribution is -2.06. The summed E-state index contributed by atoms with van der Waals surface area (Å²) in [4.78, 5) is 15.5. The SMILES string of the molecule is CC(=O)Nc1cccc(Nc2cnnc(Nc3cccc(Br)c3)n2)c1. The molecule has 1 heterocycles. The molecule has 0 unspecified atom stereocenters. The zero-order chi connectivity index (χ0) is 17.6. The van der Waals surface area contributed by atoms with Gasteiger partial charge in [0, 0.05) is 28.5 Å². The molecule has 1 amide bonds. The van der Waals surface area contributed by atoms with Crippen molar-refractivity contribution in [1.82, 2.24) is 15.2 Å². The van der Waals surface area contributed by atoms with Crippen molar-refractivity contribution in [3.05, 3.63) is 59.2 Å². The van der Waals surface area contributed by atoms with Crippen molar-refractivity contribution in [2.45, 2.75) is 6.92 Å². The maximum Gasteiger partial charge on any atom is 0.249 e. The molecule has 0 aliphatic rings. The first-order valence-corrected chi connectivity index (χ1v) is 8.25. The molecule has 2 aromatic carbocycles. The monoisotopic (exact) mass is 398 g/mol. The van der Waals surface area contributed by atoms with Crippen LogP contribution in [0.2, 0.25) is 0 Å². The molecule has 0 bridgehead atoms. The molecule has 0 atom stereocenters. The highest BCUT2D eigenvalue weighted by Gasteiger charge is 2.04. The Bertz CT molecular complexity index is 902. The van der Waals surface area contributed by atoms with E-state index in [0.29, 0.717) is 17.5 Å². The van der Waals surface area contributed by atoms with Gasteiger partial charge >= 0.3 is 0 Å². The molecule has 8 heteroatoms. The summed E-state index contributed by atoms with van der Waals surface area (Å²) in [6.07, 6.45) is 1.52. The van der Waals surface area contributed by atoms with E-state index in [9.17, 15) is 4.79 Å². The zero-order valence-electron chi connectivity index (χ0n) is 13.3. The molecular weight excluding hydrogens is 384 g/mol. The third-order valence-corrected chi connectivity index (χ3v) is 3.59. The van der Waals surface area contributed by atoms with Crippen LogP contribution in [0.15, 0.2) is 59.2 Å². The minimum atomic E-state index is -0.124. The molecule has 3 N–H and O–H groups in total. The van der Waals surface area contributed by atoms with Gasteiger partial charge in [-0.3, -0.25) is 4.79 Å². The molecule has 0 aliphatic carbocycles. The highest BCUT2D eigenvalue weighted by atomic mass is 79.9. The third kappa shape index (κ3) is 4.98. The largest absolute Gasteiger partial charge is 0.339 e. The summed E-state index contributed by atoms with van der Waals surface area (Å²) in [5, 5.41) is 16.9. The van der Waals surface area contributed by atoms with Crippen LogP contribution in [-0.2, 0) is 4.79 Å². The van der Waals surface area contributed by atoms with Gasteiger partial charge in [0.1, 0.15) is 0 Å². The fraction of sp³-hybridized carbons (Fsp3) is 0.0588. The van der Waals surface area contributed by atoms with E-state index < -0.39 is 0 Å². The molecule has 0 fully saturated rings. The van der Waals surface area contributed by atoms with Crippen LogP contribution in [0.3, 0.4) is 0 Å².